The molecule has 0 spiro atoms. The monoisotopic (exact) mass is 286 g/mol. The predicted molar refractivity (Wildman–Crippen MR) is 79.8 cm³/mol. The lowest BCUT2D eigenvalue weighted by Gasteiger charge is -2.29. The van der Waals surface area contributed by atoms with Gasteiger partial charge in [0.15, 0.2) is 5.15 Å². The second-order valence-corrected chi connectivity index (χ2v) is 5.74. The first kappa shape index (κ1) is 12.0. The van der Waals surface area contributed by atoms with Gasteiger partial charge < -0.3 is 4.57 Å². The van der Waals surface area contributed by atoms with Gasteiger partial charge in [0.05, 0.1) is 16.6 Å². The van der Waals surface area contributed by atoms with Gasteiger partial charge in [-0.3, -0.25) is 4.68 Å². The van der Waals surface area contributed by atoms with Crippen LogP contribution in [0, 0.1) is 0 Å². The summed E-state index contributed by atoms with van der Waals surface area (Å²) in [6, 6.07) is 8.81. The van der Waals surface area contributed by atoms with Crippen LogP contribution in [0.3, 0.4) is 0 Å². The molecule has 0 atom stereocenters. The maximum atomic E-state index is 6.26. The summed E-state index contributed by atoms with van der Waals surface area (Å²) in [5.41, 5.74) is 3.12. The van der Waals surface area contributed by atoms with E-state index in [-0.39, 0.29) is 0 Å². The summed E-state index contributed by atoms with van der Waals surface area (Å²) in [5, 5.41) is 4.75. The Kier molecular flexibility index (Phi) is 2.60. The topological polar surface area (TPSA) is 35.6 Å². The Balaban J connectivity index is 2.00. The third-order valence-electron chi connectivity index (χ3n) is 4.06. The summed E-state index contributed by atoms with van der Waals surface area (Å²) in [6.45, 7) is 0. The van der Waals surface area contributed by atoms with Gasteiger partial charge in [-0.1, -0.05) is 23.7 Å². The van der Waals surface area contributed by atoms with Crippen LogP contribution in [-0.2, 0) is 7.05 Å². The zero-order chi connectivity index (χ0) is 13.7. The van der Waals surface area contributed by atoms with Crippen molar-refractivity contribution in [3.05, 3.63) is 35.6 Å². The molecule has 0 unspecified atom stereocenters. The zero-order valence-corrected chi connectivity index (χ0v) is 12.0. The van der Waals surface area contributed by atoms with Crippen LogP contribution in [0.15, 0.2) is 30.5 Å². The number of aromatic nitrogens is 4. The maximum Gasteiger partial charge on any atom is 0.162 e. The van der Waals surface area contributed by atoms with Crippen molar-refractivity contribution in [2.75, 3.05) is 0 Å². The molecule has 4 nitrogen and oxygen atoms in total. The predicted octanol–water partition coefficient (Wildman–Crippen LogP) is 3.82. The lowest BCUT2D eigenvalue weighted by molar-refractivity contribution is 0.323. The van der Waals surface area contributed by atoms with Crippen molar-refractivity contribution in [2.45, 2.75) is 25.3 Å². The first-order valence-corrected chi connectivity index (χ1v) is 7.28. The number of benzene rings is 1. The third-order valence-corrected chi connectivity index (χ3v) is 4.34. The van der Waals surface area contributed by atoms with Crippen LogP contribution >= 0.6 is 11.6 Å². The highest BCUT2D eigenvalue weighted by molar-refractivity contribution is 6.32. The van der Waals surface area contributed by atoms with E-state index in [0.29, 0.717) is 11.2 Å². The largest absolute Gasteiger partial charge is 0.321 e. The van der Waals surface area contributed by atoms with Crippen LogP contribution in [0.1, 0.15) is 25.3 Å². The average molecular weight is 287 g/mol. The summed E-state index contributed by atoms with van der Waals surface area (Å²) in [6.07, 6.45) is 5.66. The van der Waals surface area contributed by atoms with E-state index in [1.807, 2.05) is 19.3 Å². The molecule has 1 aliphatic carbocycles. The molecule has 0 saturated heterocycles. The van der Waals surface area contributed by atoms with Crippen molar-refractivity contribution >= 4 is 22.6 Å². The molecule has 1 aliphatic rings. The van der Waals surface area contributed by atoms with Gasteiger partial charge in [-0.25, -0.2) is 4.98 Å². The lowest BCUT2D eigenvalue weighted by Crippen LogP contribution is -2.17. The van der Waals surface area contributed by atoms with Crippen LogP contribution in [0.4, 0.5) is 0 Å². The number of aryl methyl sites for hydroxylation is 1. The van der Waals surface area contributed by atoms with E-state index in [2.05, 4.69) is 27.9 Å². The van der Waals surface area contributed by atoms with Gasteiger partial charge >= 0.3 is 0 Å². The van der Waals surface area contributed by atoms with E-state index in [1.165, 1.54) is 24.8 Å². The highest BCUT2D eigenvalue weighted by atomic mass is 35.5. The number of hydrogen-bond acceptors (Lipinski definition) is 2. The Bertz CT molecular complexity index is 782. The molecule has 1 fully saturated rings. The van der Waals surface area contributed by atoms with Crippen LogP contribution in [0.2, 0.25) is 5.15 Å². The third kappa shape index (κ3) is 1.68. The van der Waals surface area contributed by atoms with E-state index in [0.717, 1.165) is 16.9 Å². The fourth-order valence-corrected chi connectivity index (χ4v) is 3.11. The van der Waals surface area contributed by atoms with Gasteiger partial charge in [-0.2, -0.15) is 5.10 Å². The number of rotatable bonds is 2. The number of fused-ring (bicyclic) bond motifs is 1. The van der Waals surface area contributed by atoms with E-state index in [1.54, 1.807) is 4.68 Å². The van der Waals surface area contributed by atoms with E-state index < -0.39 is 0 Å². The van der Waals surface area contributed by atoms with Crippen molar-refractivity contribution in [1.29, 1.82) is 0 Å². The van der Waals surface area contributed by atoms with Gasteiger partial charge in [0.25, 0.3) is 0 Å². The highest BCUT2D eigenvalue weighted by Crippen LogP contribution is 2.39. The first-order chi connectivity index (χ1) is 9.74. The average Bonchev–Trinajstić information content (AvgIpc) is 2.89. The molecule has 0 amide bonds. The van der Waals surface area contributed by atoms with Crippen molar-refractivity contribution in [3.8, 4) is 11.4 Å². The van der Waals surface area contributed by atoms with Crippen molar-refractivity contribution < 1.29 is 0 Å². The molecular weight excluding hydrogens is 272 g/mol. The SMILES string of the molecule is Cn1cc(-c2nc3ccccc3n2C2CCC2)c(Cl)n1. The van der Waals surface area contributed by atoms with E-state index in [9.17, 15) is 0 Å². The fraction of sp³-hybridized carbons (Fsp3) is 0.333. The molecule has 0 N–H and O–H groups in total. The summed E-state index contributed by atoms with van der Waals surface area (Å²) in [7, 11) is 1.88. The Morgan fingerprint density at radius 2 is 2.05 bits per heavy atom. The number of hydrogen-bond donors (Lipinski definition) is 0. The molecule has 0 radical (unpaired) electrons. The zero-order valence-electron chi connectivity index (χ0n) is 11.3. The second-order valence-electron chi connectivity index (χ2n) is 5.39. The Morgan fingerprint density at radius 1 is 1.25 bits per heavy atom. The van der Waals surface area contributed by atoms with E-state index >= 15 is 0 Å². The molecule has 2 heterocycles. The Hall–Kier alpha value is -1.81. The molecule has 0 bridgehead atoms. The first-order valence-electron chi connectivity index (χ1n) is 6.90. The van der Waals surface area contributed by atoms with Crippen molar-refractivity contribution in [2.24, 2.45) is 7.05 Å². The van der Waals surface area contributed by atoms with Gasteiger partial charge in [0.2, 0.25) is 0 Å². The molecule has 2 aromatic heterocycles. The van der Waals surface area contributed by atoms with Gasteiger partial charge in [0, 0.05) is 19.3 Å². The maximum absolute atomic E-state index is 6.26. The minimum atomic E-state index is 0.517. The van der Waals surface area contributed by atoms with E-state index in [4.69, 9.17) is 16.6 Å². The molecule has 5 heteroatoms. The van der Waals surface area contributed by atoms with Crippen LogP contribution in [0.25, 0.3) is 22.4 Å². The highest BCUT2D eigenvalue weighted by Gasteiger charge is 2.26. The second kappa shape index (κ2) is 4.35. The molecule has 1 saturated carbocycles. The molecule has 4 rings (SSSR count). The number of imidazole rings is 1. The molecule has 0 aliphatic heterocycles. The Labute approximate surface area is 122 Å². The normalized spacial score (nSPS) is 15.7. The summed E-state index contributed by atoms with van der Waals surface area (Å²) >= 11 is 6.26. The number of halogens is 1. The smallest absolute Gasteiger partial charge is 0.162 e. The molecule has 1 aromatic carbocycles. The quantitative estimate of drug-likeness (QED) is 0.718. The minimum Gasteiger partial charge on any atom is -0.321 e. The molecule has 102 valence electrons. The van der Waals surface area contributed by atoms with Crippen LogP contribution in [0.5, 0.6) is 0 Å². The molecular formula is C15H15ClN4. The standard InChI is InChI=1S/C15H15ClN4/c1-19-9-11(14(16)18-19)15-17-12-7-2-3-8-13(12)20(15)10-5-4-6-10/h2-3,7-10H,4-6H2,1H3. The van der Waals surface area contributed by atoms with Gasteiger partial charge in [-0.15, -0.1) is 0 Å². The van der Waals surface area contributed by atoms with Crippen LogP contribution < -0.4 is 0 Å². The molecule has 20 heavy (non-hydrogen) atoms. The van der Waals surface area contributed by atoms with Crippen LogP contribution in [-0.4, -0.2) is 19.3 Å². The summed E-state index contributed by atoms with van der Waals surface area (Å²) < 4.78 is 4.07. The van der Waals surface area contributed by atoms with Gasteiger partial charge in [-0.05, 0) is 31.4 Å². The lowest BCUT2D eigenvalue weighted by atomic mass is 9.92. The van der Waals surface area contributed by atoms with Crippen molar-refractivity contribution in [1.82, 2.24) is 19.3 Å². The minimum absolute atomic E-state index is 0.517. The molecule has 3 aromatic rings. The summed E-state index contributed by atoms with van der Waals surface area (Å²) in [5.74, 6) is 0.939. The number of para-hydroxylation sites is 2. The summed E-state index contributed by atoms with van der Waals surface area (Å²) in [4.78, 5) is 4.79. The Morgan fingerprint density at radius 3 is 2.70 bits per heavy atom. The fourth-order valence-electron chi connectivity index (χ4n) is 2.86. The number of nitrogens with zero attached hydrogens (tertiary/aromatic N) is 4. The van der Waals surface area contributed by atoms with Crippen molar-refractivity contribution in [3.63, 3.8) is 0 Å². The van der Waals surface area contributed by atoms with Gasteiger partial charge in [0.1, 0.15) is 5.82 Å².